The van der Waals surface area contributed by atoms with Gasteiger partial charge in [-0.3, -0.25) is 4.79 Å². The van der Waals surface area contributed by atoms with Crippen LogP contribution in [0.15, 0.2) is 22.7 Å². The number of halogens is 1. The molecule has 2 rings (SSSR count). The molecule has 1 heterocycles. The van der Waals surface area contributed by atoms with Crippen LogP contribution in [0.3, 0.4) is 0 Å². The number of carbonyl (C=O) groups is 1. The summed E-state index contributed by atoms with van der Waals surface area (Å²) in [5, 5.41) is 0. The zero-order valence-corrected chi connectivity index (χ0v) is 10.9. The number of aryl methyl sites for hydroxylation is 1. The van der Waals surface area contributed by atoms with Gasteiger partial charge in [0, 0.05) is 17.9 Å². The van der Waals surface area contributed by atoms with E-state index in [1.165, 1.54) is 0 Å². The van der Waals surface area contributed by atoms with E-state index in [0.29, 0.717) is 5.82 Å². The summed E-state index contributed by atoms with van der Waals surface area (Å²) in [6, 6.07) is 5.91. The molecular formula is C12H13BrN2O. The lowest BCUT2D eigenvalue weighted by Crippen LogP contribution is -2.07. The third-order valence-corrected chi connectivity index (χ3v) is 2.97. The van der Waals surface area contributed by atoms with Gasteiger partial charge < -0.3 is 4.57 Å². The van der Waals surface area contributed by atoms with Crippen LogP contribution in [0.1, 0.15) is 30.9 Å². The number of aromatic nitrogens is 2. The topological polar surface area (TPSA) is 34.9 Å². The number of imidazole rings is 1. The van der Waals surface area contributed by atoms with E-state index in [4.69, 9.17) is 0 Å². The Morgan fingerprint density at radius 3 is 2.88 bits per heavy atom. The summed E-state index contributed by atoms with van der Waals surface area (Å²) in [6.45, 7) is 4.48. The third kappa shape index (κ3) is 1.89. The number of benzene rings is 1. The molecule has 16 heavy (non-hydrogen) atoms. The minimum absolute atomic E-state index is 0.0146. The Bertz CT molecular complexity index is 545. The normalized spacial score (nSPS) is 10.9. The van der Waals surface area contributed by atoms with Gasteiger partial charge in [-0.1, -0.05) is 22.9 Å². The number of ketones is 1. The first-order valence-electron chi connectivity index (χ1n) is 5.30. The van der Waals surface area contributed by atoms with Crippen LogP contribution in [-0.4, -0.2) is 15.3 Å². The van der Waals surface area contributed by atoms with E-state index in [0.717, 1.165) is 28.5 Å². The van der Waals surface area contributed by atoms with Crippen LogP contribution in [0.25, 0.3) is 11.0 Å². The molecule has 0 fully saturated rings. The number of fused-ring (bicyclic) bond motifs is 1. The van der Waals surface area contributed by atoms with Crippen LogP contribution in [0.5, 0.6) is 0 Å². The van der Waals surface area contributed by atoms with Crippen molar-refractivity contribution in [3.8, 4) is 0 Å². The van der Waals surface area contributed by atoms with Crippen molar-refractivity contribution in [1.82, 2.24) is 9.55 Å². The Morgan fingerprint density at radius 1 is 1.50 bits per heavy atom. The van der Waals surface area contributed by atoms with Crippen molar-refractivity contribution in [2.24, 2.45) is 0 Å². The van der Waals surface area contributed by atoms with Gasteiger partial charge in [-0.25, -0.2) is 4.98 Å². The minimum atomic E-state index is 0.0146. The molecule has 0 amide bonds. The predicted octanol–water partition coefficient (Wildman–Crippen LogP) is 3.41. The Hall–Kier alpha value is -1.16. The van der Waals surface area contributed by atoms with E-state index in [-0.39, 0.29) is 5.78 Å². The standard InChI is InChI=1S/C12H13BrN2O/c1-3-6-15-11-5-4-9(13)7-10(11)14-12(15)8(2)16/h4-5,7H,3,6H2,1-2H3. The molecule has 0 bridgehead atoms. The summed E-state index contributed by atoms with van der Waals surface area (Å²) in [5.74, 6) is 0.565. The molecule has 2 aromatic rings. The summed E-state index contributed by atoms with van der Waals surface area (Å²) < 4.78 is 2.97. The number of Topliss-reactive ketones (excluding diaryl/α,β-unsaturated/α-hetero) is 1. The second-order valence-corrected chi connectivity index (χ2v) is 4.69. The molecule has 0 saturated carbocycles. The molecule has 0 radical (unpaired) electrons. The predicted molar refractivity (Wildman–Crippen MR) is 67.7 cm³/mol. The Morgan fingerprint density at radius 2 is 2.25 bits per heavy atom. The average Bonchev–Trinajstić information content (AvgIpc) is 2.57. The van der Waals surface area contributed by atoms with E-state index >= 15 is 0 Å². The van der Waals surface area contributed by atoms with Gasteiger partial charge in [0.25, 0.3) is 0 Å². The molecule has 0 aliphatic rings. The average molecular weight is 281 g/mol. The smallest absolute Gasteiger partial charge is 0.195 e. The van der Waals surface area contributed by atoms with Crippen LogP contribution in [-0.2, 0) is 6.54 Å². The molecule has 0 saturated heterocycles. The van der Waals surface area contributed by atoms with Crippen LogP contribution in [0.2, 0.25) is 0 Å². The highest BCUT2D eigenvalue weighted by Crippen LogP contribution is 2.21. The molecule has 4 heteroatoms. The summed E-state index contributed by atoms with van der Waals surface area (Å²) >= 11 is 3.41. The van der Waals surface area contributed by atoms with E-state index in [9.17, 15) is 4.79 Å². The van der Waals surface area contributed by atoms with Gasteiger partial charge in [0.05, 0.1) is 11.0 Å². The monoisotopic (exact) mass is 280 g/mol. The van der Waals surface area contributed by atoms with Crippen LogP contribution in [0.4, 0.5) is 0 Å². The van der Waals surface area contributed by atoms with E-state index in [1.54, 1.807) is 6.92 Å². The molecule has 0 atom stereocenters. The Balaban J connectivity index is 2.70. The fourth-order valence-electron chi connectivity index (χ4n) is 1.82. The lowest BCUT2D eigenvalue weighted by atomic mass is 10.3. The maximum atomic E-state index is 11.5. The van der Waals surface area contributed by atoms with Crippen molar-refractivity contribution in [2.75, 3.05) is 0 Å². The van der Waals surface area contributed by atoms with Crippen molar-refractivity contribution in [3.05, 3.63) is 28.5 Å². The molecule has 0 spiro atoms. The first kappa shape index (κ1) is 11.3. The number of hydrogen-bond acceptors (Lipinski definition) is 2. The van der Waals surface area contributed by atoms with Crippen molar-refractivity contribution in [2.45, 2.75) is 26.8 Å². The molecule has 1 aromatic carbocycles. The van der Waals surface area contributed by atoms with Gasteiger partial charge in [-0.15, -0.1) is 0 Å². The molecule has 1 aromatic heterocycles. The van der Waals surface area contributed by atoms with Gasteiger partial charge in [-0.05, 0) is 24.6 Å². The lowest BCUT2D eigenvalue weighted by molar-refractivity contribution is 0.1000. The van der Waals surface area contributed by atoms with Gasteiger partial charge in [-0.2, -0.15) is 0 Å². The van der Waals surface area contributed by atoms with E-state index in [2.05, 4.69) is 27.8 Å². The highest BCUT2D eigenvalue weighted by Gasteiger charge is 2.13. The van der Waals surface area contributed by atoms with Crippen molar-refractivity contribution >= 4 is 32.7 Å². The zero-order chi connectivity index (χ0) is 11.7. The number of carbonyl (C=O) groups excluding carboxylic acids is 1. The van der Waals surface area contributed by atoms with Crippen LogP contribution in [0, 0.1) is 0 Å². The fraction of sp³-hybridized carbons (Fsp3) is 0.333. The summed E-state index contributed by atoms with van der Waals surface area (Å²) in [4.78, 5) is 15.9. The van der Waals surface area contributed by atoms with Gasteiger partial charge in [0.2, 0.25) is 0 Å². The summed E-state index contributed by atoms with van der Waals surface area (Å²) in [7, 11) is 0. The Labute approximate surface area is 103 Å². The third-order valence-electron chi connectivity index (χ3n) is 2.47. The molecule has 0 aliphatic heterocycles. The largest absolute Gasteiger partial charge is 0.322 e. The molecule has 3 nitrogen and oxygen atoms in total. The van der Waals surface area contributed by atoms with Crippen LogP contribution >= 0.6 is 15.9 Å². The van der Waals surface area contributed by atoms with Crippen molar-refractivity contribution < 1.29 is 4.79 Å². The second-order valence-electron chi connectivity index (χ2n) is 3.78. The zero-order valence-electron chi connectivity index (χ0n) is 9.33. The Kier molecular flexibility index (Phi) is 3.10. The summed E-state index contributed by atoms with van der Waals surface area (Å²) in [6.07, 6.45) is 0.988. The SMILES string of the molecule is CCCn1c(C(C)=O)nc2cc(Br)ccc21. The van der Waals surface area contributed by atoms with Gasteiger partial charge in [0.1, 0.15) is 0 Å². The van der Waals surface area contributed by atoms with E-state index < -0.39 is 0 Å². The second kappa shape index (κ2) is 4.37. The first-order chi connectivity index (χ1) is 7.63. The highest BCUT2D eigenvalue weighted by molar-refractivity contribution is 9.10. The molecule has 0 aliphatic carbocycles. The van der Waals surface area contributed by atoms with Crippen molar-refractivity contribution in [3.63, 3.8) is 0 Å². The number of hydrogen-bond donors (Lipinski definition) is 0. The molecular weight excluding hydrogens is 268 g/mol. The number of nitrogens with zero attached hydrogens (tertiary/aromatic N) is 2. The van der Waals surface area contributed by atoms with Gasteiger partial charge >= 0.3 is 0 Å². The van der Waals surface area contributed by atoms with Gasteiger partial charge in [0.15, 0.2) is 11.6 Å². The van der Waals surface area contributed by atoms with Crippen LogP contribution < -0.4 is 0 Å². The number of rotatable bonds is 3. The maximum absolute atomic E-state index is 11.5. The molecule has 84 valence electrons. The van der Waals surface area contributed by atoms with Crippen molar-refractivity contribution in [1.29, 1.82) is 0 Å². The highest BCUT2D eigenvalue weighted by atomic mass is 79.9. The maximum Gasteiger partial charge on any atom is 0.195 e. The first-order valence-corrected chi connectivity index (χ1v) is 6.09. The fourth-order valence-corrected chi connectivity index (χ4v) is 2.17. The lowest BCUT2D eigenvalue weighted by Gasteiger charge is -2.04. The minimum Gasteiger partial charge on any atom is -0.322 e. The quantitative estimate of drug-likeness (QED) is 0.808. The molecule has 0 unspecified atom stereocenters. The van der Waals surface area contributed by atoms with E-state index in [1.807, 2.05) is 22.8 Å². The summed E-state index contributed by atoms with van der Waals surface area (Å²) in [5.41, 5.74) is 1.89. The molecule has 0 N–H and O–H groups in total.